The zero-order valence-corrected chi connectivity index (χ0v) is 16.7. The highest BCUT2D eigenvalue weighted by Crippen LogP contribution is 2.31. The fourth-order valence-corrected chi connectivity index (χ4v) is 2.64. The SMILES string of the molecule is COc1cc(/C=N/NC(=O)C(C)C(=O)Nc2ccccc2F)cc(I)c1O. The molecule has 2 aromatic carbocycles. The number of rotatable bonds is 6. The highest BCUT2D eigenvalue weighted by molar-refractivity contribution is 14.1. The molecule has 1 unspecified atom stereocenters. The molecule has 2 rings (SSSR count). The van der Waals surface area contributed by atoms with Gasteiger partial charge in [0.2, 0.25) is 5.91 Å². The van der Waals surface area contributed by atoms with Gasteiger partial charge in [0.1, 0.15) is 11.7 Å². The van der Waals surface area contributed by atoms with Crippen molar-refractivity contribution in [3.8, 4) is 11.5 Å². The van der Waals surface area contributed by atoms with E-state index in [0.29, 0.717) is 9.13 Å². The summed E-state index contributed by atoms with van der Waals surface area (Å²) >= 11 is 1.93. The van der Waals surface area contributed by atoms with Gasteiger partial charge in [0.15, 0.2) is 11.5 Å². The topological polar surface area (TPSA) is 100 Å². The number of carbonyl (C=O) groups excluding carboxylic acids is 2. The number of hydrogen-bond acceptors (Lipinski definition) is 5. The van der Waals surface area contributed by atoms with E-state index in [-0.39, 0.29) is 17.2 Å². The van der Waals surface area contributed by atoms with E-state index in [1.54, 1.807) is 18.2 Å². The van der Waals surface area contributed by atoms with Crippen LogP contribution >= 0.6 is 22.6 Å². The number of hydrazone groups is 1. The lowest BCUT2D eigenvalue weighted by atomic mass is 10.1. The molecule has 2 amide bonds. The number of para-hydroxylation sites is 1. The molecule has 0 radical (unpaired) electrons. The van der Waals surface area contributed by atoms with Crippen LogP contribution in [0, 0.1) is 15.3 Å². The molecule has 2 aromatic rings. The first-order valence-electron chi connectivity index (χ1n) is 7.78. The molecule has 0 aromatic heterocycles. The molecular weight excluding hydrogens is 468 g/mol. The zero-order chi connectivity index (χ0) is 20.0. The van der Waals surface area contributed by atoms with Gasteiger partial charge in [-0.2, -0.15) is 5.10 Å². The Balaban J connectivity index is 1.98. The van der Waals surface area contributed by atoms with Gasteiger partial charge in [0.05, 0.1) is 22.6 Å². The van der Waals surface area contributed by atoms with E-state index in [1.807, 2.05) is 22.6 Å². The summed E-state index contributed by atoms with van der Waals surface area (Å²) < 4.78 is 19.2. The Kier molecular flexibility index (Phi) is 7.11. The molecule has 27 heavy (non-hydrogen) atoms. The van der Waals surface area contributed by atoms with Crippen molar-refractivity contribution in [2.75, 3.05) is 12.4 Å². The summed E-state index contributed by atoms with van der Waals surface area (Å²) in [4.78, 5) is 24.1. The van der Waals surface area contributed by atoms with E-state index < -0.39 is 23.5 Å². The van der Waals surface area contributed by atoms with E-state index in [4.69, 9.17) is 4.74 Å². The van der Waals surface area contributed by atoms with Crippen molar-refractivity contribution in [1.29, 1.82) is 0 Å². The van der Waals surface area contributed by atoms with Gasteiger partial charge in [-0.05, 0) is 59.3 Å². The number of methoxy groups -OCH3 is 1. The normalized spacial score (nSPS) is 11.9. The molecule has 0 fully saturated rings. The number of phenolic OH excluding ortho intramolecular Hbond substituents is 1. The number of amides is 2. The maximum Gasteiger partial charge on any atom is 0.252 e. The Morgan fingerprint density at radius 2 is 2.00 bits per heavy atom. The Bertz CT molecular complexity index is 889. The monoisotopic (exact) mass is 485 g/mol. The summed E-state index contributed by atoms with van der Waals surface area (Å²) in [6.07, 6.45) is 1.35. The lowest BCUT2D eigenvalue weighted by Crippen LogP contribution is -2.34. The zero-order valence-electron chi connectivity index (χ0n) is 14.5. The van der Waals surface area contributed by atoms with Crippen molar-refractivity contribution in [3.05, 3.63) is 51.3 Å². The van der Waals surface area contributed by atoms with Crippen LogP contribution in [0.1, 0.15) is 12.5 Å². The van der Waals surface area contributed by atoms with Gasteiger partial charge in [-0.15, -0.1) is 0 Å². The molecular formula is C18H17FIN3O4. The van der Waals surface area contributed by atoms with Crippen LogP contribution in [0.3, 0.4) is 0 Å². The maximum atomic E-state index is 13.6. The summed E-state index contributed by atoms with van der Waals surface area (Å²) in [5.74, 6) is -2.71. The fraction of sp³-hybridized carbons (Fsp3) is 0.167. The summed E-state index contributed by atoms with van der Waals surface area (Å²) in [6, 6.07) is 8.86. The van der Waals surface area contributed by atoms with Crippen LogP contribution in [0.4, 0.5) is 10.1 Å². The summed E-state index contributed by atoms with van der Waals surface area (Å²) in [5, 5.41) is 15.9. The highest BCUT2D eigenvalue weighted by Gasteiger charge is 2.22. The Morgan fingerprint density at radius 3 is 2.67 bits per heavy atom. The molecule has 9 heteroatoms. The fourth-order valence-electron chi connectivity index (χ4n) is 2.01. The van der Waals surface area contributed by atoms with Gasteiger partial charge in [-0.3, -0.25) is 9.59 Å². The number of benzene rings is 2. The first-order chi connectivity index (χ1) is 12.8. The van der Waals surface area contributed by atoms with Crippen molar-refractivity contribution >= 4 is 46.3 Å². The molecule has 142 valence electrons. The number of nitrogens with zero attached hydrogens (tertiary/aromatic N) is 1. The maximum absolute atomic E-state index is 13.6. The van der Waals surface area contributed by atoms with Crippen LogP contribution < -0.4 is 15.5 Å². The largest absolute Gasteiger partial charge is 0.504 e. The van der Waals surface area contributed by atoms with Gasteiger partial charge in [-0.1, -0.05) is 12.1 Å². The molecule has 0 spiro atoms. The molecule has 0 saturated heterocycles. The van der Waals surface area contributed by atoms with Crippen LogP contribution in [-0.2, 0) is 9.59 Å². The van der Waals surface area contributed by atoms with Crippen molar-refractivity contribution < 1.29 is 23.8 Å². The lowest BCUT2D eigenvalue weighted by Gasteiger charge is -2.11. The Labute approximate surface area is 168 Å². The third-order valence-electron chi connectivity index (χ3n) is 3.58. The van der Waals surface area contributed by atoms with Crippen molar-refractivity contribution in [1.82, 2.24) is 5.43 Å². The molecule has 0 bridgehead atoms. The number of carbonyl (C=O) groups is 2. The molecule has 0 aliphatic heterocycles. The quantitative estimate of drug-likeness (QED) is 0.254. The number of halogens is 2. The van der Waals surface area contributed by atoms with Gasteiger partial charge >= 0.3 is 0 Å². The van der Waals surface area contributed by atoms with Crippen LogP contribution in [-0.4, -0.2) is 30.2 Å². The minimum atomic E-state index is -1.09. The first-order valence-corrected chi connectivity index (χ1v) is 8.86. The van der Waals surface area contributed by atoms with E-state index in [0.717, 1.165) is 0 Å². The number of nitrogens with one attached hydrogen (secondary N) is 2. The minimum Gasteiger partial charge on any atom is -0.504 e. The molecule has 0 aliphatic rings. The molecule has 0 heterocycles. The average Bonchev–Trinajstić information content (AvgIpc) is 2.65. The summed E-state index contributed by atoms with van der Waals surface area (Å²) in [7, 11) is 1.42. The third kappa shape index (κ3) is 5.39. The van der Waals surface area contributed by atoms with Gasteiger partial charge in [0, 0.05) is 0 Å². The predicted octanol–water partition coefficient (Wildman–Crippen LogP) is 2.87. The van der Waals surface area contributed by atoms with Crippen LogP contribution in [0.15, 0.2) is 41.5 Å². The molecule has 0 saturated carbocycles. The second-order valence-corrected chi connectivity index (χ2v) is 6.64. The molecule has 3 N–H and O–H groups in total. The van der Waals surface area contributed by atoms with E-state index >= 15 is 0 Å². The number of anilines is 1. The van der Waals surface area contributed by atoms with E-state index in [1.165, 1.54) is 38.4 Å². The Hall–Kier alpha value is -2.69. The number of ether oxygens (including phenoxy) is 1. The number of phenols is 1. The molecule has 0 aliphatic carbocycles. The van der Waals surface area contributed by atoms with Crippen molar-refractivity contribution in [3.63, 3.8) is 0 Å². The standard InChI is InChI=1S/C18H17FIN3O4/c1-10(17(25)22-14-6-4-3-5-12(14)19)18(26)23-21-9-11-7-13(20)16(24)15(8-11)27-2/h3-10,24H,1-2H3,(H,22,25)(H,23,26)/b21-9+. The van der Waals surface area contributed by atoms with Gasteiger partial charge in [0.25, 0.3) is 5.91 Å². The smallest absolute Gasteiger partial charge is 0.252 e. The number of aromatic hydroxyl groups is 1. The van der Waals surface area contributed by atoms with Crippen LogP contribution in [0.25, 0.3) is 0 Å². The minimum absolute atomic E-state index is 0.00332. The van der Waals surface area contributed by atoms with Gasteiger partial charge in [-0.25, -0.2) is 9.82 Å². The second kappa shape index (κ2) is 9.31. The van der Waals surface area contributed by atoms with E-state index in [9.17, 15) is 19.1 Å². The predicted molar refractivity (Wildman–Crippen MR) is 107 cm³/mol. The van der Waals surface area contributed by atoms with Gasteiger partial charge < -0.3 is 15.2 Å². The average molecular weight is 485 g/mol. The highest BCUT2D eigenvalue weighted by atomic mass is 127. The third-order valence-corrected chi connectivity index (χ3v) is 4.40. The Morgan fingerprint density at radius 1 is 1.30 bits per heavy atom. The second-order valence-electron chi connectivity index (χ2n) is 5.48. The lowest BCUT2D eigenvalue weighted by molar-refractivity contribution is -0.131. The molecule has 7 nitrogen and oxygen atoms in total. The van der Waals surface area contributed by atoms with Crippen molar-refractivity contribution in [2.24, 2.45) is 11.0 Å². The first kappa shape index (κ1) is 20.6. The summed E-state index contributed by atoms with van der Waals surface area (Å²) in [5.41, 5.74) is 2.83. The van der Waals surface area contributed by atoms with Crippen LogP contribution in [0.5, 0.6) is 11.5 Å². The summed E-state index contributed by atoms with van der Waals surface area (Å²) in [6.45, 7) is 1.38. The van der Waals surface area contributed by atoms with Crippen LogP contribution in [0.2, 0.25) is 0 Å². The van der Waals surface area contributed by atoms with Crippen molar-refractivity contribution in [2.45, 2.75) is 6.92 Å². The molecule has 1 atom stereocenters. The number of hydrogen-bond donors (Lipinski definition) is 3. The van der Waals surface area contributed by atoms with E-state index in [2.05, 4.69) is 15.8 Å².